The molecule has 0 saturated heterocycles. The van der Waals surface area contributed by atoms with E-state index in [1.165, 1.54) is 26.4 Å². The molecule has 0 aliphatic rings. The van der Waals surface area contributed by atoms with Gasteiger partial charge in [0.15, 0.2) is 0 Å². The van der Waals surface area contributed by atoms with Gasteiger partial charge in [0, 0.05) is 6.07 Å². The van der Waals surface area contributed by atoms with Gasteiger partial charge >= 0.3 is 11.9 Å². The van der Waals surface area contributed by atoms with Crippen LogP contribution >= 0.6 is 0 Å². The second-order valence-electron chi connectivity index (χ2n) is 3.54. The van der Waals surface area contributed by atoms with E-state index < -0.39 is 17.8 Å². The van der Waals surface area contributed by atoms with Gasteiger partial charge in [-0.05, 0) is 12.1 Å². The van der Waals surface area contributed by atoms with Gasteiger partial charge in [0.2, 0.25) is 0 Å². The van der Waals surface area contributed by atoms with E-state index in [1.54, 1.807) is 0 Å². The molecule has 108 valence electrons. The number of benzene rings is 1. The Morgan fingerprint density at radius 2 is 1.90 bits per heavy atom. The molecule has 0 fully saturated rings. The van der Waals surface area contributed by atoms with Crippen molar-refractivity contribution in [1.29, 1.82) is 0 Å². The lowest BCUT2D eigenvalue weighted by atomic mass is 10.2. The maximum Gasteiger partial charge on any atom is 0.354 e. The Morgan fingerprint density at radius 3 is 2.45 bits per heavy atom. The van der Waals surface area contributed by atoms with Crippen LogP contribution in [-0.4, -0.2) is 33.3 Å². The maximum atomic E-state index is 13.1. The Kier molecular flexibility index (Phi) is 5.52. The summed E-state index contributed by atoms with van der Waals surface area (Å²) in [4.78, 5) is 22.8. The van der Waals surface area contributed by atoms with E-state index in [1.807, 2.05) is 0 Å². The molecule has 1 rings (SSSR count). The molecular formula is C13H14FNO5. The first kappa shape index (κ1) is 15.5. The van der Waals surface area contributed by atoms with Crippen LogP contribution in [0.2, 0.25) is 0 Å². The van der Waals surface area contributed by atoms with Crippen molar-refractivity contribution >= 4 is 17.6 Å². The standard InChI is InChI=1S/C13H14FNO5/c1-18-11-6-8(14)4-5-9(11)15-10(13(17)20-3)7-12(16)19-2/h4-7,15H,1-3H3/b10-7+. The third-order valence-corrected chi connectivity index (χ3v) is 2.30. The van der Waals surface area contributed by atoms with Crippen LogP contribution in [0.3, 0.4) is 0 Å². The first-order chi connectivity index (χ1) is 9.51. The molecule has 0 aromatic heterocycles. The second kappa shape index (κ2) is 7.13. The van der Waals surface area contributed by atoms with Crippen LogP contribution in [0.15, 0.2) is 30.0 Å². The molecule has 0 aliphatic carbocycles. The summed E-state index contributed by atoms with van der Waals surface area (Å²) >= 11 is 0. The predicted octanol–water partition coefficient (Wildman–Crippen LogP) is 1.48. The first-order valence-electron chi connectivity index (χ1n) is 5.50. The molecule has 0 saturated carbocycles. The number of esters is 2. The quantitative estimate of drug-likeness (QED) is 0.651. The van der Waals surface area contributed by atoms with Crippen molar-refractivity contribution in [1.82, 2.24) is 0 Å². The third kappa shape index (κ3) is 3.98. The van der Waals surface area contributed by atoms with Gasteiger partial charge in [0.1, 0.15) is 17.3 Å². The highest BCUT2D eigenvalue weighted by atomic mass is 19.1. The van der Waals surface area contributed by atoms with Gasteiger partial charge in [-0.1, -0.05) is 0 Å². The number of halogens is 1. The fraction of sp³-hybridized carbons (Fsp3) is 0.231. The summed E-state index contributed by atoms with van der Waals surface area (Å²) in [6, 6.07) is 3.68. The smallest absolute Gasteiger partial charge is 0.354 e. The van der Waals surface area contributed by atoms with Crippen molar-refractivity contribution in [3.63, 3.8) is 0 Å². The fourth-order valence-corrected chi connectivity index (χ4v) is 1.35. The third-order valence-electron chi connectivity index (χ3n) is 2.30. The number of methoxy groups -OCH3 is 3. The van der Waals surface area contributed by atoms with E-state index in [4.69, 9.17) is 4.74 Å². The van der Waals surface area contributed by atoms with Crippen LogP contribution in [0, 0.1) is 5.82 Å². The molecule has 1 N–H and O–H groups in total. The van der Waals surface area contributed by atoms with Crippen LogP contribution in [0.25, 0.3) is 0 Å². The van der Waals surface area contributed by atoms with Gasteiger partial charge in [-0.25, -0.2) is 14.0 Å². The molecule has 0 unspecified atom stereocenters. The summed E-state index contributed by atoms with van der Waals surface area (Å²) in [6.07, 6.45) is 0.925. The minimum absolute atomic E-state index is 0.163. The molecule has 0 heterocycles. The Balaban J connectivity index is 3.10. The van der Waals surface area contributed by atoms with Crippen LogP contribution in [0.4, 0.5) is 10.1 Å². The molecule has 0 spiro atoms. The average molecular weight is 283 g/mol. The van der Waals surface area contributed by atoms with Gasteiger partial charge in [0.05, 0.1) is 33.1 Å². The summed E-state index contributed by atoms with van der Waals surface area (Å²) in [6.45, 7) is 0. The average Bonchev–Trinajstić information content (AvgIpc) is 2.46. The highest BCUT2D eigenvalue weighted by Gasteiger charge is 2.15. The molecule has 20 heavy (non-hydrogen) atoms. The van der Waals surface area contributed by atoms with E-state index in [9.17, 15) is 14.0 Å². The minimum Gasteiger partial charge on any atom is -0.494 e. The van der Waals surface area contributed by atoms with Gasteiger partial charge < -0.3 is 19.5 Å². The van der Waals surface area contributed by atoms with Gasteiger partial charge in [-0.2, -0.15) is 0 Å². The number of hydrogen-bond acceptors (Lipinski definition) is 6. The van der Waals surface area contributed by atoms with E-state index in [0.717, 1.165) is 19.3 Å². The number of nitrogens with one attached hydrogen (secondary N) is 1. The number of ether oxygens (including phenoxy) is 3. The second-order valence-corrected chi connectivity index (χ2v) is 3.54. The molecule has 0 bridgehead atoms. The maximum absolute atomic E-state index is 13.1. The fourth-order valence-electron chi connectivity index (χ4n) is 1.35. The lowest BCUT2D eigenvalue weighted by molar-refractivity contribution is -0.138. The molecule has 1 aromatic carbocycles. The van der Waals surface area contributed by atoms with Crippen molar-refractivity contribution in [2.45, 2.75) is 0 Å². The normalized spacial score (nSPS) is 10.7. The van der Waals surface area contributed by atoms with Gasteiger partial charge in [0.25, 0.3) is 0 Å². The Bertz CT molecular complexity index is 542. The summed E-state index contributed by atoms with van der Waals surface area (Å²) in [5.74, 6) is -1.84. The minimum atomic E-state index is -0.776. The van der Waals surface area contributed by atoms with Crippen LogP contribution < -0.4 is 10.1 Å². The van der Waals surface area contributed by atoms with Gasteiger partial charge in [-0.3, -0.25) is 0 Å². The van der Waals surface area contributed by atoms with Crippen molar-refractivity contribution < 1.29 is 28.2 Å². The number of carbonyl (C=O) groups is 2. The number of hydrogen-bond donors (Lipinski definition) is 1. The Morgan fingerprint density at radius 1 is 1.20 bits per heavy atom. The highest BCUT2D eigenvalue weighted by Crippen LogP contribution is 2.26. The Hall–Kier alpha value is -2.57. The van der Waals surface area contributed by atoms with E-state index >= 15 is 0 Å². The molecule has 6 nitrogen and oxygen atoms in total. The van der Waals surface area contributed by atoms with E-state index in [-0.39, 0.29) is 11.4 Å². The van der Waals surface area contributed by atoms with E-state index in [2.05, 4.69) is 14.8 Å². The van der Waals surface area contributed by atoms with Crippen LogP contribution in [0.5, 0.6) is 5.75 Å². The molecule has 0 radical (unpaired) electrons. The number of carbonyl (C=O) groups excluding carboxylic acids is 2. The zero-order valence-corrected chi connectivity index (χ0v) is 11.2. The van der Waals surface area contributed by atoms with Crippen molar-refractivity contribution in [2.75, 3.05) is 26.6 Å². The topological polar surface area (TPSA) is 73.9 Å². The van der Waals surface area contributed by atoms with E-state index in [0.29, 0.717) is 5.69 Å². The van der Waals surface area contributed by atoms with Crippen molar-refractivity contribution in [3.05, 3.63) is 35.8 Å². The lowest BCUT2D eigenvalue weighted by Crippen LogP contribution is -2.16. The summed E-state index contributed by atoms with van der Waals surface area (Å²) in [5.41, 5.74) is 0.138. The zero-order valence-electron chi connectivity index (χ0n) is 11.2. The van der Waals surface area contributed by atoms with Crippen LogP contribution in [-0.2, 0) is 19.1 Å². The molecule has 0 atom stereocenters. The summed E-state index contributed by atoms with van der Waals surface area (Å²) in [5, 5.41) is 2.64. The largest absolute Gasteiger partial charge is 0.494 e. The summed E-state index contributed by atoms with van der Waals surface area (Å²) in [7, 11) is 3.69. The predicted molar refractivity (Wildman–Crippen MR) is 68.7 cm³/mol. The summed E-state index contributed by atoms with van der Waals surface area (Å²) < 4.78 is 27.0. The number of rotatable bonds is 5. The van der Waals surface area contributed by atoms with Crippen molar-refractivity contribution in [3.8, 4) is 5.75 Å². The van der Waals surface area contributed by atoms with Crippen molar-refractivity contribution in [2.24, 2.45) is 0 Å². The van der Waals surface area contributed by atoms with Crippen LogP contribution in [0.1, 0.15) is 0 Å². The lowest BCUT2D eigenvalue weighted by Gasteiger charge is -2.12. The molecule has 0 amide bonds. The number of anilines is 1. The highest BCUT2D eigenvalue weighted by molar-refractivity contribution is 5.99. The Labute approximate surface area is 115 Å². The monoisotopic (exact) mass is 283 g/mol. The molecule has 0 aliphatic heterocycles. The first-order valence-corrected chi connectivity index (χ1v) is 5.50. The SMILES string of the molecule is COC(=O)/C=C(/Nc1ccc(F)cc1OC)C(=O)OC. The molecule has 7 heteroatoms. The molecule has 1 aromatic rings. The van der Waals surface area contributed by atoms with Gasteiger partial charge in [-0.15, -0.1) is 0 Å². The zero-order chi connectivity index (χ0) is 15.1. The molecular weight excluding hydrogens is 269 g/mol.